The second kappa shape index (κ2) is 6.26. The summed E-state index contributed by atoms with van der Waals surface area (Å²) in [5.41, 5.74) is 0. The first-order chi connectivity index (χ1) is 7.89. The second-order valence-corrected chi connectivity index (χ2v) is 7.34. The van der Waals surface area contributed by atoms with Crippen molar-refractivity contribution in [3.63, 3.8) is 0 Å². The van der Waals surface area contributed by atoms with Gasteiger partial charge in [-0.15, -0.1) is 0 Å². The summed E-state index contributed by atoms with van der Waals surface area (Å²) in [6.07, 6.45) is 2.92. The van der Waals surface area contributed by atoms with Crippen molar-refractivity contribution in [1.82, 2.24) is 9.29 Å². The van der Waals surface area contributed by atoms with Gasteiger partial charge in [-0.2, -0.15) is 4.31 Å². The molecule has 0 atom stereocenters. The zero-order chi connectivity index (χ0) is 13.1. The van der Waals surface area contributed by atoms with Crippen molar-refractivity contribution in [2.24, 2.45) is 0 Å². The largest absolute Gasteiger partial charge is 0.262 e. The standard InChI is InChI=1S/C10H14Br2N2O2S/c1-8(2)14(4-3-11)17(15,16)10-5-9(12)6-13-7-10/h5-8H,3-4H2,1-2H3. The topological polar surface area (TPSA) is 50.3 Å². The van der Waals surface area contributed by atoms with Gasteiger partial charge in [0.05, 0.1) is 0 Å². The number of rotatable bonds is 5. The molecule has 0 aromatic carbocycles. The van der Waals surface area contributed by atoms with Crippen molar-refractivity contribution in [2.45, 2.75) is 24.8 Å². The lowest BCUT2D eigenvalue weighted by Gasteiger charge is -2.24. The van der Waals surface area contributed by atoms with Crippen LogP contribution in [0.2, 0.25) is 0 Å². The average Bonchev–Trinajstić information content (AvgIpc) is 2.25. The molecular weight excluding hydrogens is 372 g/mol. The number of sulfonamides is 1. The molecule has 1 heterocycles. The summed E-state index contributed by atoms with van der Waals surface area (Å²) in [4.78, 5) is 4.10. The van der Waals surface area contributed by atoms with E-state index in [1.165, 1.54) is 10.5 Å². The fraction of sp³-hybridized carbons (Fsp3) is 0.500. The highest BCUT2D eigenvalue weighted by Crippen LogP contribution is 2.20. The Morgan fingerprint density at radius 1 is 1.41 bits per heavy atom. The summed E-state index contributed by atoms with van der Waals surface area (Å²) in [5, 5.41) is 0.603. The minimum absolute atomic E-state index is 0.0865. The molecule has 0 amide bonds. The zero-order valence-electron chi connectivity index (χ0n) is 9.60. The molecule has 1 rings (SSSR count). The Kier molecular flexibility index (Phi) is 5.56. The summed E-state index contributed by atoms with van der Waals surface area (Å²) < 4.78 is 26.8. The fourth-order valence-corrected chi connectivity index (χ4v) is 4.17. The van der Waals surface area contributed by atoms with Crippen molar-refractivity contribution < 1.29 is 8.42 Å². The van der Waals surface area contributed by atoms with E-state index < -0.39 is 10.0 Å². The average molecular weight is 386 g/mol. The molecule has 0 aliphatic rings. The highest BCUT2D eigenvalue weighted by atomic mass is 79.9. The van der Waals surface area contributed by atoms with E-state index in [1.54, 1.807) is 12.3 Å². The number of halogens is 2. The van der Waals surface area contributed by atoms with Gasteiger partial charge in [0.1, 0.15) is 4.90 Å². The molecule has 0 saturated heterocycles. The van der Waals surface area contributed by atoms with Gasteiger partial charge < -0.3 is 0 Å². The van der Waals surface area contributed by atoms with E-state index >= 15 is 0 Å². The van der Waals surface area contributed by atoms with Gasteiger partial charge >= 0.3 is 0 Å². The molecule has 0 spiro atoms. The molecule has 0 bridgehead atoms. The van der Waals surface area contributed by atoms with E-state index in [0.717, 1.165) is 0 Å². The van der Waals surface area contributed by atoms with E-state index in [0.29, 0.717) is 16.3 Å². The molecule has 1 aromatic rings. The molecule has 96 valence electrons. The number of hydrogen-bond donors (Lipinski definition) is 0. The van der Waals surface area contributed by atoms with E-state index in [-0.39, 0.29) is 10.9 Å². The molecule has 17 heavy (non-hydrogen) atoms. The predicted molar refractivity (Wildman–Crippen MR) is 74.8 cm³/mol. The van der Waals surface area contributed by atoms with Gasteiger partial charge in [0.2, 0.25) is 10.0 Å². The van der Waals surface area contributed by atoms with Crippen LogP contribution in [-0.4, -0.2) is 35.6 Å². The van der Waals surface area contributed by atoms with E-state index in [9.17, 15) is 8.42 Å². The lowest BCUT2D eigenvalue weighted by molar-refractivity contribution is 0.372. The quantitative estimate of drug-likeness (QED) is 0.732. The maximum Gasteiger partial charge on any atom is 0.244 e. The molecule has 0 N–H and O–H groups in total. The van der Waals surface area contributed by atoms with Crippen LogP contribution in [0, 0.1) is 0 Å². The molecule has 0 radical (unpaired) electrons. The monoisotopic (exact) mass is 384 g/mol. The highest BCUT2D eigenvalue weighted by Gasteiger charge is 2.26. The number of nitrogens with zero attached hydrogens (tertiary/aromatic N) is 2. The summed E-state index contributed by atoms with van der Waals surface area (Å²) in [6, 6.07) is 1.47. The Labute approximate surface area is 119 Å². The Bertz CT molecular complexity index is 477. The third kappa shape index (κ3) is 3.74. The molecule has 0 saturated carbocycles. The maximum atomic E-state index is 12.4. The van der Waals surface area contributed by atoms with Gasteiger partial charge in [0.15, 0.2) is 0 Å². The van der Waals surface area contributed by atoms with Crippen LogP contribution in [0.5, 0.6) is 0 Å². The van der Waals surface area contributed by atoms with Crippen LogP contribution < -0.4 is 0 Å². The van der Waals surface area contributed by atoms with Gasteiger partial charge in [-0.3, -0.25) is 4.98 Å². The number of alkyl halides is 1. The van der Waals surface area contributed by atoms with Gasteiger partial charge in [0, 0.05) is 34.8 Å². The van der Waals surface area contributed by atoms with Crippen molar-refractivity contribution in [3.8, 4) is 0 Å². The molecule has 0 aliphatic carbocycles. The zero-order valence-corrected chi connectivity index (χ0v) is 13.6. The van der Waals surface area contributed by atoms with Gasteiger partial charge in [-0.05, 0) is 35.8 Å². The summed E-state index contributed by atoms with van der Waals surface area (Å²) in [7, 11) is -3.47. The van der Waals surface area contributed by atoms with Crippen LogP contribution in [0.1, 0.15) is 13.8 Å². The maximum absolute atomic E-state index is 12.4. The van der Waals surface area contributed by atoms with Crippen molar-refractivity contribution in [3.05, 3.63) is 22.9 Å². The minimum Gasteiger partial charge on any atom is -0.262 e. The Hall–Kier alpha value is 0.0200. The lowest BCUT2D eigenvalue weighted by atomic mass is 10.4. The van der Waals surface area contributed by atoms with Crippen LogP contribution >= 0.6 is 31.9 Å². The third-order valence-electron chi connectivity index (χ3n) is 2.17. The molecule has 0 fully saturated rings. The second-order valence-electron chi connectivity index (χ2n) is 3.74. The third-order valence-corrected chi connectivity index (χ3v) is 5.00. The van der Waals surface area contributed by atoms with Gasteiger partial charge in [-0.25, -0.2) is 8.42 Å². The van der Waals surface area contributed by atoms with E-state index in [2.05, 4.69) is 36.8 Å². The molecule has 4 nitrogen and oxygen atoms in total. The normalized spacial score (nSPS) is 12.4. The van der Waals surface area contributed by atoms with Crippen LogP contribution in [-0.2, 0) is 10.0 Å². The van der Waals surface area contributed by atoms with Crippen LogP contribution in [0.4, 0.5) is 0 Å². The smallest absolute Gasteiger partial charge is 0.244 e. The van der Waals surface area contributed by atoms with Crippen LogP contribution in [0.3, 0.4) is 0 Å². The minimum atomic E-state index is -3.47. The fourth-order valence-electron chi connectivity index (χ4n) is 1.41. The molecular formula is C10H14Br2N2O2S. The van der Waals surface area contributed by atoms with E-state index in [1.807, 2.05) is 13.8 Å². The van der Waals surface area contributed by atoms with Crippen LogP contribution in [0.25, 0.3) is 0 Å². The van der Waals surface area contributed by atoms with E-state index in [4.69, 9.17) is 0 Å². The van der Waals surface area contributed by atoms with Crippen LogP contribution in [0.15, 0.2) is 27.8 Å². The van der Waals surface area contributed by atoms with Crippen molar-refractivity contribution in [2.75, 3.05) is 11.9 Å². The molecule has 7 heteroatoms. The Morgan fingerprint density at radius 2 is 2.06 bits per heavy atom. The van der Waals surface area contributed by atoms with Gasteiger partial charge in [0.25, 0.3) is 0 Å². The predicted octanol–water partition coefficient (Wildman–Crippen LogP) is 2.64. The lowest BCUT2D eigenvalue weighted by Crippen LogP contribution is -2.38. The first-order valence-corrected chi connectivity index (χ1v) is 8.43. The number of hydrogen-bond acceptors (Lipinski definition) is 3. The first kappa shape index (κ1) is 15.1. The number of aromatic nitrogens is 1. The SMILES string of the molecule is CC(C)N(CCBr)S(=O)(=O)c1cncc(Br)c1. The van der Waals surface area contributed by atoms with Crippen molar-refractivity contribution in [1.29, 1.82) is 0 Å². The molecule has 0 unspecified atom stereocenters. The summed E-state index contributed by atoms with van der Waals surface area (Å²) in [5.74, 6) is 0. The van der Waals surface area contributed by atoms with Gasteiger partial charge in [-0.1, -0.05) is 15.9 Å². The number of pyridine rings is 1. The summed E-state index contributed by atoms with van der Waals surface area (Å²) in [6.45, 7) is 4.14. The Balaban J connectivity index is 3.16. The van der Waals surface area contributed by atoms with Crippen molar-refractivity contribution >= 4 is 41.9 Å². The molecule has 1 aromatic heterocycles. The first-order valence-electron chi connectivity index (χ1n) is 5.08. The highest BCUT2D eigenvalue weighted by molar-refractivity contribution is 9.10. The molecule has 0 aliphatic heterocycles. The Morgan fingerprint density at radius 3 is 2.53 bits per heavy atom. The summed E-state index contributed by atoms with van der Waals surface area (Å²) >= 11 is 6.49.